The van der Waals surface area contributed by atoms with Crippen molar-refractivity contribution in [1.82, 2.24) is 4.31 Å². The van der Waals surface area contributed by atoms with Gasteiger partial charge in [-0.25, -0.2) is 8.42 Å². The van der Waals surface area contributed by atoms with Gasteiger partial charge >= 0.3 is 0 Å². The fraction of sp³-hybridized carbons (Fsp3) is 0.263. The Morgan fingerprint density at radius 2 is 1.48 bits per heavy atom. The minimum Gasteiger partial charge on any atom is -0.379 e. The molecule has 1 fully saturated rings. The molecule has 1 N–H and O–H groups in total. The number of carbonyl (C=O) groups excluding carboxylic acids is 2. The molecule has 0 aliphatic carbocycles. The van der Waals surface area contributed by atoms with Gasteiger partial charge in [-0.15, -0.1) is 0 Å². The Morgan fingerprint density at radius 3 is 2.04 bits per heavy atom. The molecule has 1 heterocycles. The first-order valence-corrected chi connectivity index (χ1v) is 9.92. The molecule has 1 aliphatic rings. The number of anilines is 1. The number of nitrogens with one attached hydrogen (secondary N) is 1. The summed E-state index contributed by atoms with van der Waals surface area (Å²) >= 11 is 0. The fourth-order valence-electron chi connectivity index (χ4n) is 2.71. The maximum Gasteiger partial charge on any atom is 0.255 e. The summed E-state index contributed by atoms with van der Waals surface area (Å²) in [6.45, 7) is 2.87. The smallest absolute Gasteiger partial charge is 0.255 e. The lowest BCUT2D eigenvalue weighted by atomic mass is 10.1. The summed E-state index contributed by atoms with van der Waals surface area (Å²) in [6, 6.07) is 12.4. The van der Waals surface area contributed by atoms with E-state index in [9.17, 15) is 18.0 Å². The van der Waals surface area contributed by atoms with E-state index in [0.29, 0.717) is 43.1 Å². The van der Waals surface area contributed by atoms with Crippen molar-refractivity contribution in [1.29, 1.82) is 0 Å². The Hall–Kier alpha value is -2.55. The molecule has 3 rings (SSSR count). The zero-order valence-electron chi connectivity index (χ0n) is 14.8. The van der Waals surface area contributed by atoms with Crippen LogP contribution in [0.3, 0.4) is 0 Å². The summed E-state index contributed by atoms with van der Waals surface area (Å²) in [6.07, 6.45) is 0. The average molecular weight is 388 g/mol. The summed E-state index contributed by atoms with van der Waals surface area (Å²) in [4.78, 5) is 23.8. The summed E-state index contributed by atoms with van der Waals surface area (Å²) < 4.78 is 31.7. The lowest BCUT2D eigenvalue weighted by molar-refractivity contribution is 0.0730. The van der Waals surface area contributed by atoms with Crippen LogP contribution < -0.4 is 5.32 Å². The van der Waals surface area contributed by atoms with Crippen LogP contribution in [0.25, 0.3) is 0 Å². The molecule has 8 heteroatoms. The van der Waals surface area contributed by atoms with E-state index in [1.807, 2.05) is 0 Å². The van der Waals surface area contributed by atoms with E-state index in [4.69, 9.17) is 4.74 Å². The SMILES string of the molecule is CC(=O)c1ccc(NC(=O)c2ccc(S(=O)(=O)N3CCOCC3)cc2)cc1. The number of rotatable bonds is 5. The second-order valence-corrected chi connectivity index (χ2v) is 8.07. The minimum atomic E-state index is -3.59. The van der Waals surface area contributed by atoms with Crippen LogP contribution in [0.1, 0.15) is 27.6 Å². The van der Waals surface area contributed by atoms with Gasteiger partial charge in [-0.1, -0.05) is 0 Å². The van der Waals surface area contributed by atoms with E-state index in [2.05, 4.69) is 5.32 Å². The summed E-state index contributed by atoms with van der Waals surface area (Å²) in [5.74, 6) is -0.411. The van der Waals surface area contributed by atoms with Gasteiger partial charge in [-0.3, -0.25) is 9.59 Å². The molecule has 0 saturated carbocycles. The van der Waals surface area contributed by atoms with E-state index >= 15 is 0 Å². The number of ketones is 1. The van der Waals surface area contributed by atoms with Gasteiger partial charge in [0.2, 0.25) is 10.0 Å². The van der Waals surface area contributed by atoms with Gasteiger partial charge in [-0.05, 0) is 55.5 Å². The van der Waals surface area contributed by atoms with Gasteiger partial charge in [0.15, 0.2) is 5.78 Å². The van der Waals surface area contributed by atoms with Crippen LogP contribution in [0.15, 0.2) is 53.4 Å². The molecule has 2 aromatic carbocycles. The van der Waals surface area contributed by atoms with Gasteiger partial charge in [0, 0.05) is 29.9 Å². The number of amides is 1. The zero-order chi connectivity index (χ0) is 19.4. The van der Waals surface area contributed by atoms with Crippen molar-refractivity contribution >= 4 is 27.4 Å². The lowest BCUT2D eigenvalue weighted by Gasteiger charge is -2.26. The van der Waals surface area contributed by atoms with Gasteiger partial charge in [0.1, 0.15) is 0 Å². The molecule has 0 unspecified atom stereocenters. The fourth-order valence-corrected chi connectivity index (χ4v) is 4.11. The van der Waals surface area contributed by atoms with Crippen molar-refractivity contribution in [3.8, 4) is 0 Å². The average Bonchev–Trinajstić information content (AvgIpc) is 2.69. The highest BCUT2D eigenvalue weighted by Gasteiger charge is 2.26. The summed E-state index contributed by atoms with van der Waals surface area (Å²) in [7, 11) is -3.59. The van der Waals surface area contributed by atoms with Crippen LogP contribution in [-0.4, -0.2) is 50.7 Å². The second-order valence-electron chi connectivity index (χ2n) is 6.13. The largest absolute Gasteiger partial charge is 0.379 e. The molecule has 2 aromatic rings. The quantitative estimate of drug-likeness (QED) is 0.793. The predicted molar refractivity (Wildman–Crippen MR) is 100 cm³/mol. The third kappa shape index (κ3) is 4.41. The molecule has 1 saturated heterocycles. The highest BCUT2D eigenvalue weighted by Crippen LogP contribution is 2.18. The first-order chi connectivity index (χ1) is 12.9. The monoisotopic (exact) mass is 388 g/mol. The number of hydrogen-bond donors (Lipinski definition) is 1. The summed E-state index contributed by atoms with van der Waals surface area (Å²) in [5.41, 5.74) is 1.45. The van der Waals surface area contributed by atoms with Crippen molar-refractivity contribution in [2.24, 2.45) is 0 Å². The first-order valence-electron chi connectivity index (χ1n) is 8.48. The molecular formula is C19H20N2O5S. The van der Waals surface area contributed by atoms with Gasteiger partial charge in [0.05, 0.1) is 18.1 Å². The van der Waals surface area contributed by atoms with E-state index < -0.39 is 10.0 Å². The number of morpholine rings is 1. The number of carbonyl (C=O) groups is 2. The van der Waals surface area contributed by atoms with E-state index in [1.54, 1.807) is 24.3 Å². The summed E-state index contributed by atoms with van der Waals surface area (Å²) in [5, 5.41) is 2.72. The molecule has 0 spiro atoms. The van der Waals surface area contributed by atoms with Crippen molar-refractivity contribution in [2.45, 2.75) is 11.8 Å². The first kappa shape index (κ1) is 19.2. The third-order valence-corrected chi connectivity index (χ3v) is 6.19. The third-order valence-electron chi connectivity index (χ3n) is 4.27. The Kier molecular flexibility index (Phi) is 5.69. The Morgan fingerprint density at radius 1 is 0.926 bits per heavy atom. The number of benzene rings is 2. The van der Waals surface area contributed by atoms with Crippen LogP contribution in [0.2, 0.25) is 0 Å². The lowest BCUT2D eigenvalue weighted by Crippen LogP contribution is -2.40. The van der Waals surface area contributed by atoms with E-state index in [1.165, 1.54) is 35.5 Å². The number of nitrogens with zero attached hydrogens (tertiary/aromatic N) is 1. The Balaban J connectivity index is 1.70. The minimum absolute atomic E-state index is 0.0510. The van der Waals surface area contributed by atoms with Gasteiger partial charge in [-0.2, -0.15) is 4.31 Å². The van der Waals surface area contributed by atoms with Crippen LogP contribution in [0, 0.1) is 0 Å². The van der Waals surface area contributed by atoms with Crippen molar-refractivity contribution in [3.63, 3.8) is 0 Å². The number of Topliss-reactive ketones (excluding diaryl/α,β-unsaturated/α-hetero) is 1. The highest BCUT2D eigenvalue weighted by atomic mass is 32.2. The molecule has 0 radical (unpaired) electrons. The van der Waals surface area contributed by atoms with E-state index in [0.717, 1.165) is 0 Å². The molecule has 0 bridgehead atoms. The van der Waals surface area contributed by atoms with Crippen molar-refractivity contribution < 1.29 is 22.7 Å². The number of sulfonamides is 1. The zero-order valence-corrected chi connectivity index (χ0v) is 15.7. The van der Waals surface area contributed by atoms with Crippen LogP contribution >= 0.6 is 0 Å². The molecule has 1 aliphatic heterocycles. The predicted octanol–water partition coefficient (Wildman–Crippen LogP) is 2.16. The van der Waals surface area contributed by atoms with Crippen LogP contribution in [0.4, 0.5) is 5.69 Å². The topological polar surface area (TPSA) is 92.8 Å². The standard InChI is InChI=1S/C19H20N2O5S/c1-14(22)15-2-6-17(7-3-15)20-19(23)16-4-8-18(9-5-16)27(24,25)21-10-12-26-13-11-21/h2-9H,10-13H2,1H3,(H,20,23). The highest BCUT2D eigenvalue weighted by molar-refractivity contribution is 7.89. The van der Waals surface area contributed by atoms with E-state index in [-0.39, 0.29) is 16.6 Å². The molecular weight excluding hydrogens is 368 g/mol. The molecule has 7 nitrogen and oxygen atoms in total. The van der Waals surface area contributed by atoms with Crippen LogP contribution in [0.5, 0.6) is 0 Å². The Labute approximate surface area is 158 Å². The second kappa shape index (κ2) is 7.99. The molecule has 0 aromatic heterocycles. The van der Waals surface area contributed by atoms with Gasteiger partial charge < -0.3 is 10.1 Å². The molecule has 0 atom stereocenters. The molecule has 142 valence electrons. The maximum atomic E-state index is 12.6. The number of ether oxygens (including phenoxy) is 1. The van der Waals surface area contributed by atoms with Crippen molar-refractivity contribution in [3.05, 3.63) is 59.7 Å². The van der Waals surface area contributed by atoms with Crippen LogP contribution in [-0.2, 0) is 14.8 Å². The number of hydrogen-bond acceptors (Lipinski definition) is 5. The molecule has 27 heavy (non-hydrogen) atoms. The maximum absolute atomic E-state index is 12.6. The normalized spacial score (nSPS) is 15.3. The molecule has 1 amide bonds. The Bertz CT molecular complexity index is 931. The van der Waals surface area contributed by atoms with Gasteiger partial charge in [0.25, 0.3) is 5.91 Å². The van der Waals surface area contributed by atoms with Crippen molar-refractivity contribution in [2.75, 3.05) is 31.6 Å².